The number of benzene rings is 8. The molecule has 0 saturated carbocycles. The van der Waals surface area contributed by atoms with E-state index in [1.54, 1.807) is 0 Å². The molecule has 1 N–H and O–H groups in total. The van der Waals surface area contributed by atoms with E-state index in [1.807, 2.05) is 12.1 Å². The summed E-state index contributed by atoms with van der Waals surface area (Å²) in [5, 5.41) is 9.65. The summed E-state index contributed by atoms with van der Waals surface area (Å²) in [6, 6.07) is 61.2. The molecule has 0 unspecified atom stereocenters. The van der Waals surface area contributed by atoms with Crippen molar-refractivity contribution in [2.45, 2.75) is 0 Å². The highest BCUT2D eigenvalue weighted by atomic mass is 16.3. The summed E-state index contributed by atoms with van der Waals surface area (Å²) >= 11 is 0. The van der Waals surface area contributed by atoms with Crippen LogP contribution in [0.15, 0.2) is 174 Å². The van der Waals surface area contributed by atoms with Crippen LogP contribution in [0.25, 0.3) is 110 Å². The first-order chi connectivity index (χ1) is 25.8. The minimum absolute atomic E-state index is 0.902. The van der Waals surface area contributed by atoms with Crippen LogP contribution in [0.2, 0.25) is 0 Å². The fourth-order valence-corrected chi connectivity index (χ4v) is 8.89. The predicted molar refractivity (Wildman–Crippen MR) is 217 cm³/mol. The Morgan fingerprint density at radius 2 is 0.981 bits per heavy atom. The van der Waals surface area contributed by atoms with Crippen LogP contribution < -0.4 is 0 Å². The number of aromatic amines is 1. The van der Waals surface area contributed by atoms with Crippen molar-refractivity contribution in [3.63, 3.8) is 0 Å². The van der Waals surface area contributed by atoms with Gasteiger partial charge in [-0.1, -0.05) is 115 Å². The molecule has 0 aliphatic carbocycles. The van der Waals surface area contributed by atoms with Crippen molar-refractivity contribution in [3.05, 3.63) is 170 Å². The maximum atomic E-state index is 6.28. The Balaban J connectivity index is 1.17. The number of nitrogens with one attached hydrogen (secondary N) is 1. The Morgan fingerprint density at radius 1 is 0.385 bits per heavy atom. The molecule has 12 aromatic rings. The van der Waals surface area contributed by atoms with E-state index >= 15 is 0 Å². The van der Waals surface area contributed by atoms with E-state index in [0.717, 1.165) is 44.3 Å². The van der Waals surface area contributed by atoms with Gasteiger partial charge in [-0.2, -0.15) is 0 Å². The van der Waals surface area contributed by atoms with Gasteiger partial charge < -0.3 is 18.5 Å². The van der Waals surface area contributed by atoms with Crippen LogP contribution in [0.5, 0.6) is 0 Å². The molecule has 0 bridgehead atoms. The molecular weight excluding hydrogens is 635 g/mol. The average molecular weight is 664 g/mol. The summed E-state index contributed by atoms with van der Waals surface area (Å²) in [4.78, 5) is 3.83. The number of para-hydroxylation sites is 5. The van der Waals surface area contributed by atoms with Crippen LogP contribution in [0.1, 0.15) is 0 Å². The van der Waals surface area contributed by atoms with Crippen molar-refractivity contribution < 1.29 is 4.42 Å². The lowest BCUT2D eigenvalue weighted by atomic mass is 9.97. The average Bonchev–Trinajstić information content (AvgIpc) is 3.95. The Kier molecular flexibility index (Phi) is 5.47. The Hall–Kier alpha value is -7.04. The standard InChI is InChI=1S/C48H29N3O/c1-2-12-29(13-3-1)50-41-20-7-4-14-31(41)36-25-26-37-32-15-5-8-21-42(32)51(48(37)47(36)50)30-24-27-40-39(28-30)35-19-10-18-34(46(35)49-40)33-17-11-23-44-45(33)38-16-6-9-22-43(38)52-44/h1-28,49H. The van der Waals surface area contributed by atoms with Crippen LogP contribution in [-0.2, 0) is 0 Å². The van der Waals surface area contributed by atoms with E-state index in [1.165, 1.54) is 65.5 Å². The van der Waals surface area contributed by atoms with Crippen LogP contribution in [0.3, 0.4) is 0 Å². The van der Waals surface area contributed by atoms with Gasteiger partial charge in [0.1, 0.15) is 11.2 Å². The smallest absolute Gasteiger partial charge is 0.136 e. The first-order valence-corrected chi connectivity index (χ1v) is 17.8. The quantitative estimate of drug-likeness (QED) is 0.201. The van der Waals surface area contributed by atoms with E-state index in [2.05, 4.69) is 172 Å². The molecule has 4 heteroatoms. The van der Waals surface area contributed by atoms with Gasteiger partial charge in [-0.05, 0) is 60.2 Å². The fourth-order valence-electron chi connectivity index (χ4n) is 8.89. The van der Waals surface area contributed by atoms with E-state index in [9.17, 15) is 0 Å². The summed E-state index contributed by atoms with van der Waals surface area (Å²) in [5.41, 5.74) is 13.5. The molecule has 4 nitrogen and oxygen atoms in total. The fraction of sp³-hybridized carbons (Fsp3) is 0. The van der Waals surface area contributed by atoms with E-state index < -0.39 is 0 Å². The molecule has 242 valence electrons. The largest absolute Gasteiger partial charge is 0.456 e. The van der Waals surface area contributed by atoms with Gasteiger partial charge in [-0.3, -0.25) is 0 Å². The zero-order chi connectivity index (χ0) is 33.9. The highest BCUT2D eigenvalue weighted by Gasteiger charge is 2.22. The lowest BCUT2D eigenvalue weighted by Gasteiger charge is -2.12. The minimum atomic E-state index is 0.902. The number of hydrogen-bond acceptors (Lipinski definition) is 1. The molecule has 8 aromatic carbocycles. The van der Waals surface area contributed by atoms with E-state index in [0.29, 0.717) is 0 Å². The molecule has 12 rings (SSSR count). The topological polar surface area (TPSA) is 38.8 Å². The first kappa shape index (κ1) is 27.7. The van der Waals surface area contributed by atoms with Gasteiger partial charge in [0.15, 0.2) is 0 Å². The summed E-state index contributed by atoms with van der Waals surface area (Å²) < 4.78 is 11.2. The Labute approximate surface area is 297 Å². The van der Waals surface area contributed by atoms with Gasteiger partial charge in [0, 0.05) is 65.5 Å². The molecule has 0 aliphatic heterocycles. The third-order valence-electron chi connectivity index (χ3n) is 11.1. The number of nitrogens with zero attached hydrogens (tertiary/aromatic N) is 2. The molecule has 0 amide bonds. The Morgan fingerprint density at radius 3 is 1.75 bits per heavy atom. The van der Waals surface area contributed by atoms with Crippen molar-refractivity contribution in [3.8, 4) is 22.5 Å². The number of hydrogen-bond donors (Lipinski definition) is 1. The molecule has 0 spiro atoms. The van der Waals surface area contributed by atoms with Crippen molar-refractivity contribution in [2.24, 2.45) is 0 Å². The predicted octanol–water partition coefficient (Wildman–Crippen LogP) is 13.1. The summed E-state index contributed by atoms with van der Waals surface area (Å²) in [6.45, 7) is 0. The SMILES string of the molecule is c1ccc(-n2c3ccccc3c3ccc4c5ccccc5n(-c5ccc6[nH]c7c(-c8cccc9oc%10ccccc%10c89)cccc7c6c5)c4c32)cc1. The minimum Gasteiger partial charge on any atom is -0.456 e. The number of H-pyrrole nitrogens is 1. The van der Waals surface area contributed by atoms with Crippen molar-refractivity contribution in [1.29, 1.82) is 0 Å². The number of furan rings is 1. The van der Waals surface area contributed by atoms with Crippen molar-refractivity contribution in [1.82, 2.24) is 14.1 Å². The number of fused-ring (bicyclic) bond motifs is 13. The maximum absolute atomic E-state index is 6.28. The molecular formula is C48H29N3O. The zero-order valence-electron chi connectivity index (χ0n) is 28.0. The highest BCUT2D eigenvalue weighted by Crippen LogP contribution is 2.44. The lowest BCUT2D eigenvalue weighted by molar-refractivity contribution is 0.669. The van der Waals surface area contributed by atoms with Crippen LogP contribution in [0.4, 0.5) is 0 Å². The summed E-state index contributed by atoms with van der Waals surface area (Å²) in [7, 11) is 0. The lowest BCUT2D eigenvalue weighted by Crippen LogP contribution is -1.98. The summed E-state index contributed by atoms with van der Waals surface area (Å²) in [6.07, 6.45) is 0. The van der Waals surface area contributed by atoms with Gasteiger partial charge in [-0.15, -0.1) is 0 Å². The van der Waals surface area contributed by atoms with E-state index in [-0.39, 0.29) is 0 Å². The number of aromatic nitrogens is 3. The van der Waals surface area contributed by atoms with Gasteiger partial charge in [0.25, 0.3) is 0 Å². The second-order valence-corrected chi connectivity index (χ2v) is 13.8. The normalized spacial score (nSPS) is 12.2. The maximum Gasteiger partial charge on any atom is 0.136 e. The highest BCUT2D eigenvalue weighted by molar-refractivity contribution is 6.24. The van der Waals surface area contributed by atoms with Gasteiger partial charge in [0.2, 0.25) is 0 Å². The monoisotopic (exact) mass is 663 g/mol. The van der Waals surface area contributed by atoms with Crippen LogP contribution in [0, 0.1) is 0 Å². The molecule has 0 radical (unpaired) electrons. The molecule has 0 aliphatic rings. The van der Waals surface area contributed by atoms with E-state index in [4.69, 9.17) is 4.42 Å². The third-order valence-corrected chi connectivity index (χ3v) is 11.1. The molecule has 0 saturated heterocycles. The van der Waals surface area contributed by atoms with Gasteiger partial charge in [-0.25, -0.2) is 0 Å². The zero-order valence-corrected chi connectivity index (χ0v) is 28.0. The third kappa shape index (κ3) is 3.65. The van der Waals surface area contributed by atoms with Crippen LogP contribution in [-0.4, -0.2) is 14.1 Å². The molecule has 4 aromatic heterocycles. The van der Waals surface area contributed by atoms with Crippen LogP contribution >= 0.6 is 0 Å². The first-order valence-electron chi connectivity index (χ1n) is 17.8. The van der Waals surface area contributed by atoms with Crippen molar-refractivity contribution in [2.75, 3.05) is 0 Å². The summed E-state index contributed by atoms with van der Waals surface area (Å²) in [5.74, 6) is 0. The van der Waals surface area contributed by atoms with Gasteiger partial charge >= 0.3 is 0 Å². The molecule has 52 heavy (non-hydrogen) atoms. The Bertz CT molecular complexity index is 3410. The second kappa shape index (κ2) is 10.3. The van der Waals surface area contributed by atoms with Gasteiger partial charge in [0.05, 0.1) is 27.6 Å². The van der Waals surface area contributed by atoms with Crippen molar-refractivity contribution >= 4 is 87.4 Å². The molecule has 0 fully saturated rings. The molecule has 4 heterocycles. The number of rotatable bonds is 3. The molecule has 0 atom stereocenters. The second-order valence-electron chi connectivity index (χ2n) is 13.8.